The van der Waals surface area contributed by atoms with Crippen molar-refractivity contribution in [2.45, 2.75) is 6.92 Å². The Bertz CT molecular complexity index is 556. The predicted octanol–water partition coefficient (Wildman–Crippen LogP) is 3.89. The first-order chi connectivity index (χ1) is 8.61. The van der Waals surface area contributed by atoms with Crippen LogP contribution in [-0.2, 0) is 0 Å². The average molecular weight is 285 g/mol. The summed E-state index contributed by atoms with van der Waals surface area (Å²) >= 11 is 12.0. The highest BCUT2D eigenvalue weighted by Crippen LogP contribution is 2.35. The second kappa shape index (κ2) is 5.42. The molecule has 0 atom stereocenters. The maximum Gasteiger partial charge on any atom is 0.185 e. The Kier molecular flexibility index (Phi) is 3.89. The summed E-state index contributed by atoms with van der Waals surface area (Å²) in [6, 6.07) is 5.10. The predicted molar refractivity (Wildman–Crippen MR) is 69.9 cm³/mol. The molecule has 0 aliphatic heterocycles. The Morgan fingerprint density at radius 1 is 1.17 bits per heavy atom. The quantitative estimate of drug-likeness (QED) is 0.802. The lowest BCUT2D eigenvalue weighted by molar-refractivity contribution is 0.408. The van der Waals surface area contributed by atoms with Crippen molar-refractivity contribution >= 4 is 23.2 Å². The lowest BCUT2D eigenvalue weighted by Gasteiger charge is -2.11. The molecular weight excluding hydrogens is 275 g/mol. The zero-order valence-corrected chi connectivity index (χ0v) is 11.3. The summed E-state index contributed by atoms with van der Waals surface area (Å²) < 4.78 is 10.7. The van der Waals surface area contributed by atoms with E-state index in [-0.39, 0.29) is 5.15 Å². The molecule has 0 N–H and O–H groups in total. The van der Waals surface area contributed by atoms with Gasteiger partial charge in [0.05, 0.1) is 17.8 Å². The molecule has 0 aliphatic carbocycles. The highest BCUT2D eigenvalue weighted by molar-refractivity contribution is 6.32. The van der Waals surface area contributed by atoms with E-state index in [2.05, 4.69) is 9.97 Å². The van der Waals surface area contributed by atoms with Crippen LogP contribution in [0.15, 0.2) is 24.5 Å². The van der Waals surface area contributed by atoms with E-state index in [4.69, 9.17) is 32.7 Å². The van der Waals surface area contributed by atoms with Gasteiger partial charge in [-0.2, -0.15) is 0 Å². The van der Waals surface area contributed by atoms with E-state index in [1.807, 2.05) is 0 Å². The van der Waals surface area contributed by atoms with Gasteiger partial charge < -0.3 is 9.47 Å². The van der Waals surface area contributed by atoms with E-state index in [1.165, 1.54) is 6.33 Å². The van der Waals surface area contributed by atoms with Crippen molar-refractivity contribution < 1.29 is 9.47 Å². The van der Waals surface area contributed by atoms with Gasteiger partial charge in [-0.1, -0.05) is 23.2 Å². The SMILES string of the molecule is COc1ccc(Cl)c(Oc2c(C)ncnc2Cl)c1. The van der Waals surface area contributed by atoms with Crippen LogP contribution in [0.4, 0.5) is 0 Å². The van der Waals surface area contributed by atoms with E-state index in [0.717, 1.165) is 0 Å². The van der Waals surface area contributed by atoms with Crippen LogP contribution in [0.3, 0.4) is 0 Å². The van der Waals surface area contributed by atoms with E-state index >= 15 is 0 Å². The average Bonchev–Trinajstić information content (AvgIpc) is 2.36. The van der Waals surface area contributed by atoms with Gasteiger partial charge in [0.2, 0.25) is 0 Å². The van der Waals surface area contributed by atoms with Crippen molar-refractivity contribution in [1.29, 1.82) is 0 Å². The number of ether oxygens (including phenoxy) is 2. The Hall–Kier alpha value is -1.52. The normalized spacial score (nSPS) is 10.2. The fourth-order valence-corrected chi connectivity index (χ4v) is 1.72. The zero-order valence-electron chi connectivity index (χ0n) is 9.78. The molecule has 2 rings (SSSR count). The molecule has 1 aromatic carbocycles. The monoisotopic (exact) mass is 284 g/mol. The molecule has 0 fully saturated rings. The summed E-state index contributed by atoms with van der Waals surface area (Å²) in [5.74, 6) is 1.46. The Labute approximate surface area is 114 Å². The van der Waals surface area contributed by atoms with Gasteiger partial charge in [0.1, 0.15) is 17.8 Å². The van der Waals surface area contributed by atoms with Gasteiger partial charge in [-0.15, -0.1) is 0 Å². The van der Waals surface area contributed by atoms with Crippen LogP contribution in [0.5, 0.6) is 17.2 Å². The van der Waals surface area contributed by atoms with E-state index < -0.39 is 0 Å². The number of aromatic nitrogens is 2. The minimum atomic E-state index is 0.237. The first-order valence-electron chi connectivity index (χ1n) is 5.10. The highest BCUT2D eigenvalue weighted by atomic mass is 35.5. The second-order valence-electron chi connectivity index (χ2n) is 3.48. The number of hydrogen-bond donors (Lipinski definition) is 0. The van der Waals surface area contributed by atoms with Crippen LogP contribution in [0.25, 0.3) is 0 Å². The molecule has 6 heteroatoms. The smallest absolute Gasteiger partial charge is 0.185 e. The van der Waals surface area contributed by atoms with E-state index in [1.54, 1.807) is 32.2 Å². The Morgan fingerprint density at radius 3 is 2.61 bits per heavy atom. The minimum Gasteiger partial charge on any atom is -0.497 e. The Balaban J connectivity index is 2.39. The zero-order chi connectivity index (χ0) is 13.1. The van der Waals surface area contributed by atoms with E-state index in [0.29, 0.717) is 28.0 Å². The summed E-state index contributed by atoms with van der Waals surface area (Å²) in [5, 5.41) is 0.691. The van der Waals surface area contributed by atoms with Crippen LogP contribution < -0.4 is 9.47 Å². The largest absolute Gasteiger partial charge is 0.497 e. The molecule has 0 saturated carbocycles. The lowest BCUT2D eigenvalue weighted by atomic mass is 10.3. The van der Waals surface area contributed by atoms with Crippen LogP contribution in [0, 0.1) is 6.92 Å². The number of methoxy groups -OCH3 is 1. The maximum absolute atomic E-state index is 6.04. The topological polar surface area (TPSA) is 44.2 Å². The van der Waals surface area contributed by atoms with Crippen molar-refractivity contribution in [2.24, 2.45) is 0 Å². The van der Waals surface area contributed by atoms with Crippen LogP contribution in [0.1, 0.15) is 5.69 Å². The Morgan fingerprint density at radius 2 is 1.94 bits per heavy atom. The first-order valence-corrected chi connectivity index (χ1v) is 5.86. The molecule has 0 saturated heterocycles. The summed E-state index contributed by atoms with van der Waals surface area (Å²) in [4.78, 5) is 7.88. The maximum atomic E-state index is 6.04. The van der Waals surface area contributed by atoms with Gasteiger partial charge in [-0.05, 0) is 19.1 Å². The molecule has 0 bridgehead atoms. The minimum absolute atomic E-state index is 0.237. The number of hydrogen-bond acceptors (Lipinski definition) is 4. The lowest BCUT2D eigenvalue weighted by Crippen LogP contribution is -1.94. The third-order valence-electron chi connectivity index (χ3n) is 2.29. The van der Waals surface area contributed by atoms with Gasteiger partial charge in [0.25, 0.3) is 0 Å². The summed E-state index contributed by atoms with van der Waals surface area (Å²) in [7, 11) is 1.57. The molecule has 0 amide bonds. The van der Waals surface area contributed by atoms with Gasteiger partial charge in [-0.25, -0.2) is 9.97 Å². The molecule has 0 unspecified atom stereocenters. The van der Waals surface area contributed by atoms with Crippen LogP contribution >= 0.6 is 23.2 Å². The molecular formula is C12H10Cl2N2O2. The second-order valence-corrected chi connectivity index (χ2v) is 4.24. The molecule has 1 aromatic heterocycles. The molecule has 0 radical (unpaired) electrons. The number of aryl methyl sites for hydroxylation is 1. The van der Waals surface area contributed by atoms with Crippen LogP contribution in [0.2, 0.25) is 10.2 Å². The summed E-state index contributed by atoms with van der Waals surface area (Å²) in [5.41, 5.74) is 0.633. The number of benzene rings is 1. The molecule has 2 aromatic rings. The van der Waals surface area contributed by atoms with Gasteiger partial charge >= 0.3 is 0 Å². The fourth-order valence-electron chi connectivity index (χ4n) is 1.35. The van der Waals surface area contributed by atoms with Crippen molar-refractivity contribution in [3.05, 3.63) is 40.4 Å². The first kappa shape index (κ1) is 12.9. The summed E-state index contributed by atoms with van der Waals surface area (Å²) in [6.45, 7) is 1.77. The number of halogens is 2. The van der Waals surface area contributed by atoms with Gasteiger partial charge in [0, 0.05) is 6.07 Å². The number of nitrogens with zero attached hydrogens (tertiary/aromatic N) is 2. The van der Waals surface area contributed by atoms with Crippen LogP contribution in [-0.4, -0.2) is 17.1 Å². The number of rotatable bonds is 3. The molecule has 0 spiro atoms. The van der Waals surface area contributed by atoms with Gasteiger partial charge in [0.15, 0.2) is 10.9 Å². The van der Waals surface area contributed by atoms with Crippen molar-refractivity contribution in [3.63, 3.8) is 0 Å². The molecule has 94 valence electrons. The molecule has 1 heterocycles. The van der Waals surface area contributed by atoms with Gasteiger partial charge in [-0.3, -0.25) is 0 Å². The molecule has 0 aliphatic rings. The summed E-state index contributed by atoms with van der Waals surface area (Å²) in [6.07, 6.45) is 1.37. The molecule has 18 heavy (non-hydrogen) atoms. The fraction of sp³-hybridized carbons (Fsp3) is 0.167. The standard InChI is InChI=1S/C12H10Cl2N2O2/c1-7-11(12(14)16-6-15-7)18-10-5-8(17-2)3-4-9(10)13/h3-6H,1-2H3. The highest BCUT2D eigenvalue weighted by Gasteiger charge is 2.12. The third-order valence-corrected chi connectivity index (χ3v) is 2.87. The third kappa shape index (κ3) is 2.66. The van der Waals surface area contributed by atoms with Crippen molar-refractivity contribution in [3.8, 4) is 17.2 Å². The molecule has 4 nitrogen and oxygen atoms in total. The van der Waals surface area contributed by atoms with Crippen molar-refractivity contribution in [1.82, 2.24) is 9.97 Å². The van der Waals surface area contributed by atoms with E-state index in [9.17, 15) is 0 Å². The van der Waals surface area contributed by atoms with Crippen molar-refractivity contribution in [2.75, 3.05) is 7.11 Å².